The van der Waals surface area contributed by atoms with Crippen molar-refractivity contribution in [1.82, 2.24) is 0 Å². The van der Waals surface area contributed by atoms with Gasteiger partial charge in [-0.2, -0.15) is 20.5 Å². The van der Waals surface area contributed by atoms with Crippen LogP contribution < -0.4 is 9.64 Å². The van der Waals surface area contributed by atoms with Crippen molar-refractivity contribution in [1.29, 1.82) is 0 Å². The second-order valence-corrected chi connectivity index (χ2v) is 11.0. The highest BCUT2D eigenvalue weighted by atomic mass is 16.5. The Kier molecular flexibility index (Phi) is 14.5. The third-order valence-electron chi connectivity index (χ3n) is 7.51. The molecule has 3 aromatic carbocycles. The predicted octanol–water partition coefficient (Wildman–Crippen LogP) is 11.2. The summed E-state index contributed by atoms with van der Waals surface area (Å²) in [4.78, 5) is 2.41. The summed E-state index contributed by atoms with van der Waals surface area (Å²) in [5, 5.41) is 17.4. The Balaban J connectivity index is 1.07. The van der Waals surface area contributed by atoms with Crippen LogP contribution in [0, 0.1) is 0 Å². The third-order valence-corrected chi connectivity index (χ3v) is 7.51. The molecular formula is C36H47N5O2. The lowest BCUT2D eigenvalue weighted by atomic mass is 10.1. The third kappa shape index (κ3) is 12.5. The molecule has 0 aromatic heterocycles. The molecular weight excluding hydrogens is 534 g/mol. The van der Waals surface area contributed by atoms with Crippen LogP contribution in [0.2, 0.25) is 0 Å². The second-order valence-electron chi connectivity index (χ2n) is 11.0. The van der Waals surface area contributed by atoms with Crippen molar-refractivity contribution in [2.24, 2.45) is 20.5 Å². The lowest BCUT2D eigenvalue weighted by molar-refractivity contribution is 0.157. The van der Waals surface area contributed by atoms with Crippen molar-refractivity contribution in [3.63, 3.8) is 0 Å². The maximum Gasteiger partial charge on any atom is 0.119 e. The number of nitrogens with zero attached hydrogens (tertiary/aromatic N) is 5. The molecule has 1 saturated heterocycles. The lowest BCUT2D eigenvalue weighted by Gasteiger charge is -2.17. The molecule has 0 amide bonds. The summed E-state index contributed by atoms with van der Waals surface area (Å²) in [6.07, 6.45) is 15.6. The number of rotatable bonds is 20. The zero-order chi connectivity index (χ0) is 29.8. The minimum absolute atomic E-state index is 0.669. The number of benzene rings is 3. The van der Waals surface area contributed by atoms with Crippen molar-refractivity contribution in [3.8, 4) is 5.75 Å². The SMILES string of the molecule is C=CCOCCCCCCCCCCCOc1ccc(/N=N/c2ccc(/N=N/c3ccc(N4CCCC4)cc3)cc2)cc1. The van der Waals surface area contributed by atoms with Gasteiger partial charge in [-0.1, -0.05) is 51.0 Å². The standard InChI is InChI=1S/C36H47N5O2/c1-2-28-42-29-12-8-6-4-3-5-7-9-13-30-43-36-24-20-34(21-25-36)40-38-32-16-14-31(15-17-32)37-39-33-18-22-35(23-19-33)41-26-10-11-27-41/h2,14-25H,1,3-13,26-30H2/b39-37+,40-38+. The molecule has 228 valence electrons. The Morgan fingerprint density at radius 1 is 0.558 bits per heavy atom. The number of ether oxygens (including phenoxy) is 2. The van der Waals surface area contributed by atoms with E-state index in [-0.39, 0.29) is 0 Å². The smallest absolute Gasteiger partial charge is 0.119 e. The number of azo groups is 2. The molecule has 1 aliphatic heterocycles. The van der Waals surface area contributed by atoms with Crippen LogP contribution in [-0.2, 0) is 4.74 Å². The van der Waals surface area contributed by atoms with E-state index in [0.717, 1.165) is 67.6 Å². The minimum atomic E-state index is 0.669. The van der Waals surface area contributed by atoms with Gasteiger partial charge in [0.05, 0.1) is 36.0 Å². The molecule has 7 heteroatoms. The maximum absolute atomic E-state index is 5.91. The fraction of sp³-hybridized carbons (Fsp3) is 0.444. The fourth-order valence-corrected chi connectivity index (χ4v) is 5.03. The maximum atomic E-state index is 5.91. The van der Waals surface area contributed by atoms with E-state index < -0.39 is 0 Å². The van der Waals surface area contributed by atoms with Crippen LogP contribution in [0.1, 0.15) is 70.6 Å². The Morgan fingerprint density at radius 3 is 1.47 bits per heavy atom. The van der Waals surface area contributed by atoms with Gasteiger partial charge >= 0.3 is 0 Å². The minimum Gasteiger partial charge on any atom is -0.494 e. The molecule has 0 saturated carbocycles. The van der Waals surface area contributed by atoms with Gasteiger partial charge in [0, 0.05) is 25.4 Å². The zero-order valence-electron chi connectivity index (χ0n) is 25.6. The highest BCUT2D eigenvalue weighted by Crippen LogP contribution is 2.26. The van der Waals surface area contributed by atoms with Crippen LogP contribution >= 0.6 is 0 Å². The van der Waals surface area contributed by atoms with E-state index >= 15 is 0 Å². The van der Waals surface area contributed by atoms with E-state index in [9.17, 15) is 0 Å². The van der Waals surface area contributed by atoms with Gasteiger partial charge in [-0.3, -0.25) is 0 Å². The predicted molar refractivity (Wildman–Crippen MR) is 177 cm³/mol. The number of hydrogen-bond donors (Lipinski definition) is 0. The van der Waals surface area contributed by atoms with Crippen LogP contribution in [0.4, 0.5) is 28.4 Å². The number of anilines is 1. The van der Waals surface area contributed by atoms with Gasteiger partial charge in [-0.15, -0.1) is 6.58 Å². The normalized spacial score (nSPS) is 13.3. The van der Waals surface area contributed by atoms with E-state index in [1.54, 1.807) is 0 Å². The molecule has 0 atom stereocenters. The van der Waals surface area contributed by atoms with Crippen LogP contribution in [0.3, 0.4) is 0 Å². The fourth-order valence-electron chi connectivity index (χ4n) is 5.03. The summed E-state index contributed by atoms with van der Waals surface area (Å²) in [5.41, 5.74) is 4.44. The van der Waals surface area contributed by atoms with Crippen molar-refractivity contribution < 1.29 is 9.47 Å². The van der Waals surface area contributed by atoms with E-state index in [1.807, 2.05) is 66.7 Å². The van der Waals surface area contributed by atoms with E-state index in [2.05, 4.69) is 44.1 Å². The van der Waals surface area contributed by atoms with Crippen molar-refractivity contribution >= 4 is 28.4 Å². The highest BCUT2D eigenvalue weighted by Gasteiger charge is 2.11. The van der Waals surface area contributed by atoms with Crippen LogP contribution in [-0.4, -0.2) is 32.9 Å². The second kappa shape index (κ2) is 19.4. The molecule has 7 nitrogen and oxygen atoms in total. The first-order valence-corrected chi connectivity index (χ1v) is 16.0. The monoisotopic (exact) mass is 581 g/mol. The van der Waals surface area contributed by atoms with Crippen LogP contribution in [0.25, 0.3) is 0 Å². The molecule has 0 aliphatic carbocycles. The van der Waals surface area contributed by atoms with E-state index in [1.165, 1.54) is 63.5 Å². The molecule has 3 aromatic rings. The largest absolute Gasteiger partial charge is 0.494 e. The molecule has 0 radical (unpaired) electrons. The molecule has 1 fully saturated rings. The number of hydrogen-bond acceptors (Lipinski definition) is 7. The molecule has 1 aliphatic rings. The summed E-state index contributed by atoms with van der Waals surface area (Å²) < 4.78 is 11.3. The Bertz CT molecular complexity index is 1230. The zero-order valence-corrected chi connectivity index (χ0v) is 25.6. The highest BCUT2D eigenvalue weighted by molar-refractivity contribution is 5.54. The first-order valence-electron chi connectivity index (χ1n) is 16.0. The van der Waals surface area contributed by atoms with Crippen molar-refractivity contribution in [2.75, 3.05) is 37.8 Å². The molecule has 1 heterocycles. The Morgan fingerprint density at radius 2 is 0.977 bits per heavy atom. The first kappa shape index (κ1) is 32.1. The van der Waals surface area contributed by atoms with Gasteiger partial charge < -0.3 is 14.4 Å². The van der Waals surface area contributed by atoms with Gasteiger partial charge in [0.25, 0.3) is 0 Å². The summed E-state index contributed by atoms with van der Waals surface area (Å²) in [7, 11) is 0. The summed E-state index contributed by atoms with van der Waals surface area (Å²) in [6.45, 7) is 8.22. The molecule has 43 heavy (non-hydrogen) atoms. The topological polar surface area (TPSA) is 71.1 Å². The average molecular weight is 582 g/mol. The Labute approximate surface area is 257 Å². The summed E-state index contributed by atoms with van der Waals surface area (Å²) >= 11 is 0. The van der Waals surface area contributed by atoms with E-state index in [0.29, 0.717) is 6.61 Å². The van der Waals surface area contributed by atoms with Gasteiger partial charge in [-0.05, 0) is 98.5 Å². The molecule has 0 N–H and O–H groups in total. The van der Waals surface area contributed by atoms with Gasteiger partial charge in [-0.25, -0.2) is 0 Å². The molecule has 0 bridgehead atoms. The number of unbranched alkanes of at least 4 members (excludes halogenated alkanes) is 8. The average Bonchev–Trinajstić information content (AvgIpc) is 3.60. The van der Waals surface area contributed by atoms with Crippen LogP contribution in [0.5, 0.6) is 5.75 Å². The van der Waals surface area contributed by atoms with Gasteiger partial charge in [0.2, 0.25) is 0 Å². The van der Waals surface area contributed by atoms with Gasteiger partial charge in [0.15, 0.2) is 0 Å². The van der Waals surface area contributed by atoms with Gasteiger partial charge in [0.1, 0.15) is 5.75 Å². The Hall–Kier alpha value is -3.84. The summed E-state index contributed by atoms with van der Waals surface area (Å²) in [6, 6.07) is 23.7. The molecule has 0 unspecified atom stereocenters. The first-order chi connectivity index (χ1) is 21.3. The van der Waals surface area contributed by atoms with Crippen molar-refractivity contribution in [3.05, 3.63) is 85.5 Å². The quantitative estimate of drug-likeness (QED) is 0.0757. The van der Waals surface area contributed by atoms with Crippen LogP contribution in [0.15, 0.2) is 106 Å². The molecule has 0 spiro atoms. The summed E-state index contributed by atoms with van der Waals surface area (Å²) in [5.74, 6) is 0.872. The van der Waals surface area contributed by atoms with E-state index in [4.69, 9.17) is 9.47 Å². The lowest BCUT2D eigenvalue weighted by Crippen LogP contribution is -2.17. The molecule has 4 rings (SSSR count). The van der Waals surface area contributed by atoms with Crippen molar-refractivity contribution in [2.45, 2.75) is 70.6 Å².